The first-order valence-corrected chi connectivity index (χ1v) is 8.93. The number of aryl methyl sites for hydroxylation is 1. The maximum Gasteiger partial charge on any atom is 0.229 e. The van der Waals surface area contributed by atoms with E-state index in [2.05, 4.69) is 21.9 Å². The molecule has 0 spiro atoms. The molecule has 2 aromatic rings. The molecule has 1 aromatic heterocycles. The van der Waals surface area contributed by atoms with Crippen molar-refractivity contribution in [1.82, 2.24) is 4.98 Å². The highest BCUT2D eigenvalue weighted by Gasteiger charge is 2.07. The predicted molar refractivity (Wildman–Crippen MR) is 83.7 cm³/mol. The molecule has 0 aliphatic heterocycles. The van der Waals surface area contributed by atoms with Gasteiger partial charge in [-0.1, -0.05) is 19.1 Å². The molecule has 0 amide bonds. The maximum atomic E-state index is 11.3. The van der Waals surface area contributed by atoms with Crippen molar-refractivity contribution >= 4 is 32.7 Å². The fourth-order valence-corrected chi connectivity index (χ4v) is 3.08. The van der Waals surface area contributed by atoms with Crippen molar-refractivity contribution in [2.24, 2.45) is 0 Å². The van der Waals surface area contributed by atoms with Gasteiger partial charge in [0, 0.05) is 11.1 Å². The molecule has 0 unspecified atom stereocenters. The van der Waals surface area contributed by atoms with E-state index in [1.165, 1.54) is 0 Å². The van der Waals surface area contributed by atoms with Crippen LogP contribution in [-0.4, -0.2) is 19.7 Å². The Balaban J connectivity index is 2.09. The van der Waals surface area contributed by atoms with Crippen LogP contribution in [0.5, 0.6) is 0 Å². The Labute approximate surface area is 123 Å². The molecule has 0 bridgehead atoms. The van der Waals surface area contributed by atoms with Gasteiger partial charge in [0.25, 0.3) is 0 Å². The summed E-state index contributed by atoms with van der Waals surface area (Å²) in [5.41, 5.74) is 1.31. The second-order valence-electron chi connectivity index (χ2n) is 4.35. The fraction of sp³-hybridized carbons (Fsp3) is 0.308. The zero-order valence-corrected chi connectivity index (χ0v) is 13.0. The number of hydrogen-bond donors (Lipinski definition) is 2. The van der Waals surface area contributed by atoms with Crippen molar-refractivity contribution < 1.29 is 8.42 Å². The van der Waals surface area contributed by atoms with E-state index in [0.717, 1.165) is 28.2 Å². The Kier molecular flexibility index (Phi) is 4.61. The summed E-state index contributed by atoms with van der Waals surface area (Å²) in [7, 11) is -3.28. The fourth-order valence-electron chi connectivity index (χ4n) is 1.70. The summed E-state index contributed by atoms with van der Waals surface area (Å²) < 4.78 is 25.1. The number of thiazole rings is 1. The summed E-state index contributed by atoms with van der Waals surface area (Å²) in [5, 5.41) is 4.33. The van der Waals surface area contributed by atoms with Gasteiger partial charge in [-0.2, -0.15) is 0 Å². The number of aromatic nitrogens is 1. The zero-order valence-electron chi connectivity index (χ0n) is 11.4. The number of nitrogens with zero attached hydrogens (tertiary/aromatic N) is 1. The van der Waals surface area contributed by atoms with Crippen LogP contribution in [0.4, 0.5) is 11.4 Å². The van der Waals surface area contributed by atoms with Gasteiger partial charge in [-0.15, -0.1) is 11.3 Å². The van der Waals surface area contributed by atoms with E-state index < -0.39 is 10.0 Å². The lowest BCUT2D eigenvalue weighted by Crippen LogP contribution is -2.11. The van der Waals surface area contributed by atoms with Gasteiger partial charge in [0.1, 0.15) is 0 Å². The molecule has 0 aliphatic carbocycles. The predicted octanol–water partition coefficient (Wildman–Crippen LogP) is 2.69. The molecule has 2 rings (SSSR count). The normalized spacial score (nSPS) is 11.3. The number of anilines is 2. The average molecular weight is 311 g/mol. The first kappa shape index (κ1) is 14.8. The molecule has 0 fully saturated rings. The van der Waals surface area contributed by atoms with Crippen LogP contribution in [0.1, 0.15) is 16.8 Å². The molecule has 0 radical (unpaired) electrons. The molecule has 1 aromatic carbocycles. The number of rotatable bonds is 6. The van der Waals surface area contributed by atoms with E-state index in [9.17, 15) is 8.42 Å². The lowest BCUT2D eigenvalue weighted by atomic mass is 10.2. The molecule has 7 heteroatoms. The molecule has 0 aliphatic rings. The Morgan fingerprint density at radius 2 is 1.95 bits per heavy atom. The van der Waals surface area contributed by atoms with Crippen LogP contribution in [0.3, 0.4) is 0 Å². The van der Waals surface area contributed by atoms with E-state index in [1.807, 2.05) is 18.3 Å². The standard InChI is InChI=1S/C13H17N3O2S2/c1-3-13-15-9-10(19-13)8-14-11-6-4-5-7-12(11)16-20(2,17)18/h4-7,9,14,16H,3,8H2,1-2H3. The van der Waals surface area contributed by atoms with Crippen LogP contribution in [0.25, 0.3) is 0 Å². The number of sulfonamides is 1. The number of hydrogen-bond acceptors (Lipinski definition) is 5. The van der Waals surface area contributed by atoms with Crippen LogP contribution < -0.4 is 10.0 Å². The van der Waals surface area contributed by atoms with Crippen molar-refractivity contribution in [3.8, 4) is 0 Å². The third-order valence-corrected chi connectivity index (χ3v) is 4.31. The zero-order chi connectivity index (χ0) is 14.6. The SMILES string of the molecule is CCc1ncc(CNc2ccccc2NS(C)(=O)=O)s1. The summed E-state index contributed by atoms with van der Waals surface area (Å²) in [6, 6.07) is 7.23. The molecule has 108 valence electrons. The number of benzene rings is 1. The van der Waals surface area contributed by atoms with E-state index >= 15 is 0 Å². The van der Waals surface area contributed by atoms with Gasteiger partial charge >= 0.3 is 0 Å². The minimum Gasteiger partial charge on any atom is -0.378 e. The van der Waals surface area contributed by atoms with Gasteiger partial charge < -0.3 is 5.32 Å². The summed E-state index contributed by atoms with van der Waals surface area (Å²) in [5.74, 6) is 0. The first-order valence-electron chi connectivity index (χ1n) is 6.22. The molecule has 20 heavy (non-hydrogen) atoms. The summed E-state index contributed by atoms with van der Waals surface area (Å²) in [6.07, 6.45) is 3.92. The number of para-hydroxylation sites is 2. The Morgan fingerprint density at radius 1 is 1.25 bits per heavy atom. The highest BCUT2D eigenvalue weighted by atomic mass is 32.2. The lowest BCUT2D eigenvalue weighted by Gasteiger charge is -2.11. The van der Waals surface area contributed by atoms with Crippen molar-refractivity contribution in [2.45, 2.75) is 19.9 Å². The van der Waals surface area contributed by atoms with Crippen LogP contribution in [0.2, 0.25) is 0 Å². The first-order chi connectivity index (χ1) is 9.48. The lowest BCUT2D eigenvalue weighted by molar-refractivity contribution is 0.607. The summed E-state index contributed by atoms with van der Waals surface area (Å²) in [6.45, 7) is 2.70. The largest absolute Gasteiger partial charge is 0.378 e. The van der Waals surface area contributed by atoms with E-state index in [4.69, 9.17) is 0 Å². The quantitative estimate of drug-likeness (QED) is 0.860. The van der Waals surface area contributed by atoms with E-state index in [0.29, 0.717) is 12.2 Å². The Morgan fingerprint density at radius 3 is 2.55 bits per heavy atom. The second kappa shape index (κ2) is 6.23. The Hall–Kier alpha value is -1.60. The Bertz CT molecular complexity index is 680. The van der Waals surface area contributed by atoms with Gasteiger partial charge in [-0.05, 0) is 18.6 Å². The highest BCUT2D eigenvalue weighted by molar-refractivity contribution is 7.92. The minimum atomic E-state index is -3.28. The minimum absolute atomic E-state index is 0.551. The molecule has 2 N–H and O–H groups in total. The smallest absolute Gasteiger partial charge is 0.229 e. The van der Waals surface area contributed by atoms with Gasteiger partial charge in [0.05, 0.1) is 29.2 Å². The summed E-state index contributed by atoms with van der Waals surface area (Å²) in [4.78, 5) is 5.42. The molecular weight excluding hydrogens is 294 g/mol. The maximum absolute atomic E-state index is 11.3. The van der Waals surface area contributed by atoms with Gasteiger partial charge in [0.15, 0.2) is 0 Å². The van der Waals surface area contributed by atoms with E-state index in [-0.39, 0.29) is 0 Å². The van der Waals surface area contributed by atoms with Crippen LogP contribution in [-0.2, 0) is 23.0 Å². The number of nitrogens with one attached hydrogen (secondary N) is 2. The monoisotopic (exact) mass is 311 g/mol. The van der Waals surface area contributed by atoms with Crippen molar-refractivity contribution in [3.05, 3.63) is 40.3 Å². The molecule has 1 heterocycles. The van der Waals surface area contributed by atoms with Crippen molar-refractivity contribution in [2.75, 3.05) is 16.3 Å². The second-order valence-corrected chi connectivity index (χ2v) is 7.30. The van der Waals surface area contributed by atoms with Crippen LogP contribution >= 0.6 is 11.3 Å². The van der Waals surface area contributed by atoms with Gasteiger partial charge in [-0.3, -0.25) is 4.72 Å². The van der Waals surface area contributed by atoms with E-state index in [1.54, 1.807) is 23.5 Å². The van der Waals surface area contributed by atoms with Crippen LogP contribution in [0.15, 0.2) is 30.5 Å². The molecule has 0 saturated carbocycles. The molecular formula is C13H17N3O2S2. The molecule has 5 nitrogen and oxygen atoms in total. The summed E-state index contributed by atoms with van der Waals surface area (Å²) >= 11 is 1.66. The molecule has 0 atom stereocenters. The van der Waals surface area contributed by atoms with Crippen molar-refractivity contribution in [1.29, 1.82) is 0 Å². The topological polar surface area (TPSA) is 71.1 Å². The van der Waals surface area contributed by atoms with Gasteiger partial charge in [-0.25, -0.2) is 13.4 Å². The molecule has 0 saturated heterocycles. The highest BCUT2D eigenvalue weighted by Crippen LogP contribution is 2.23. The van der Waals surface area contributed by atoms with Crippen LogP contribution in [0, 0.1) is 0 Å². The average Bonchev–Trinajstić information content (AvgIpc) is 2.84. The third kappa shape index (κ3) is 4.21. The van der Waals surface area contributed by atoms with Gasteiger partial charge in [0.2, 0.25) is 10.0 Å². The van der Waals surface area contributed by atoms with Crippen molar-refractivity contribution in [3.63, 3.8) is 0 Å². The third-order valence-electron chi connectivity index (χ3n) is 2.58.